The number of carbonyl (C=O) groups excluding carboxylic acids is 1. The highest BCUT2D eigenvalue weighted by molar-refractivity contribution is 6.01. The van der Waals surface area contributed by atoms with E-state index in [1.165, 1.54) is 0 Å². The summed E-state index contributed by atoms with van der Waals surface area (Å²) in [5.41, 5.74) is 9.72. The Bertz CT molecular complexity index is 1220. The minimum Gasteiger partial charge on any atom is -0.491 e. The second kappa shape index (κ2) is 9.01. The number of nitrogens with zero attached hydrogens (tertiary/aromatic N) is 4. The Morgan fingerprint density at radius 2 is 2.21 bits per heavy atom. The van der Waals surface area contributed by atoms with Crippen LogP contribution in [0.15, 0.2) is 42.6 Å². The van der Waals surface area contributed by atoms with Gasteiger partial charge in [0.25, 0.3) is 0 Å². The van der Waals surface area contributed by atoms with Crippen molar-refractivity contribution in [3.8, 4) is 5.75 Å². The summed E-state index contributed by atoms with van der Waals surface area (Å²) in [5.74, 6) is 1.59. The van der Waals surface area contributed by atoms with Gasteiger partial charge >= 0.3 is 0 Å². The molecule has 2 atom stereocenters. The molecule has 1 unspecified atom stereocenters. The summed E-state index contributed by atoms with van der Waals surface area (Å²) in [6.45, 7) is 1.42. The van der Waals surface area contributed by atoms with Crippen molar-refractivity contribution in [2.24, 2.45) is 11.7 Å². The SMILES string of the molecule is N=CC=C(N)CC1CCc2c(OC[C@H]3CCCN3c3ncnc4nc[nH]c34)cccc2C1=O. The number of rotatable bonds is 7. The summed E-state index contributed by atoms with van der Waals surface area (Å²) >= 11 is 0. The second-order valence-corrected chi connectivity index (χ2v) is 8.59. The van der Waals surface area contributed by atoms with Gasteiger partial charge in [-0.2, -0.15) is 0 Å². The average Bonchev–Trinajstić information content (AvgIpc) is 3.49. The predicted molar refractivity (Wildman–Crippen MR) is 126 cm³/mol. The normalized spacial score (nSPS) is 20.8. The van der Waals surface area contributed by atoms with E-state index in [0.717, 1.165) is 66.7 Å². The van der Waals surface area contributed by atoms with Crippen LogP contribution in [0.25, 0.3) is 11.2 Å². The summed E-state index contributed by atoms with van der Waals surface area (Å²) in [6.07, 6.45) is 9.95. The lowest BCUT2D eigenvalue weighted by molar-refractivity contribution is 0.0899. The van der Waals surface area contributed by atoms with Crippen molar-refractivity contribution in [2.45, 2.75) is 38.1 Å². The molecule has 2 aliphatic rings. The number of aromatic amines is 1. The van der Waals surface area contributed by atoms with E-state index < -0.39 is 0 Å². The molecule has 0 radical (unpaired) electrons. The third kappa shape index (κ3) is 4.06. The van der Waals surface area contributed by atoms with Gasteiger partial charge in [-0.05, 0) is 44.2 Å². The molecule has 33 heavy (non-hydrogen) atoms. The minimum absolute atomic E-state index is 0.105. The number of ether oxygens (including phenoxy) is 1. The molecular formula is C24H27N7O2. The van der Waals surface area contributed by atoms with E-state index in [0.29, 0.717) is 24.4 Å². The summed E-state index contributed by atoms with van der Waals surface area (Å²) in [7, 11) is 0. The first-order chi connectivity index (χ1) is 16.2. The lowest BCUT2D eigenvalue weighted by Gasteiger charge is -2.28. The number of Topliss-reactive ketones (excluding diaryl/α,β-unsaturated/α-hetero) is 1. The standard InChI is InChI=1S/C24H27N7O2/c25-9-8-16(26)11-15-6-7-18-19(22(15)32)4-1-5-20(18)33-12-17-3-2-10-31(17)24-21-23(28-13-27-21)29-14-30-24/h1,4-5,8-9,13-15,17,25H,2-3,6-7,10-12,26H2,(H,27,28,29,30)/t15?,17-/m1/s1. The van der Waals surface area contributed by atoms with Crippen molar-refractivity contribution in [3.05, 3.63) is 53.8 Å². The number of aromatic nitrogens is 4. The van der Waals surface area contributed by atoms with Gasteiger partial charge in [-0.25, -0.2) is 15.0 Å². The largest absolute Gasteiger partial charge is 0.491 e. The molecule has 3 heterocycles. The van der Waals surface area contributed by atoms with Crippen molar-refractivity contribution in [1.29, 1.82) is 5.41 Å². The zero-order valence-corrected chi connectivity index (χ0v) is 18.3. The molecule has 4 N–H and O–H groups in total. The minimum atomic E-state index is -0.149. The van der Waals surface area contributed by atoms with Gasteiger partial charge < -0.3 is 25.8 Å². The highest BCUT2D eigenvalue weighted by Gasteiger charge is 2.31. The van der Waals surface area contributed by atoms with Crippen LogP contribution in [0.3, 0.4) is 0 Å². The van der Waals surface area contributed by atoms with Crippen LogP contribution in [-0.2, 0) is 6.42 Å². The molecule has 2 aromatic heterocycles. The summed E-state index contributed by atoms with van der Waals surface area (Å²) in [5, 5.41) is 7.17. The molecule has 3 aromatic rings. The topological polar surface area (TPSA) is 134 Å². The van der Waals surface area contributed by atoms with Gasteiger partial charge in [0.15, 0.2) is 17.2 Å². The van der Waals surface area contributed by atoms with Crippen LogP contribution in [0.4, 0.5) is 5.82 Å². The second-order valence-electron chi connectivity index (χ2n) is 8.59. The Labute approximate surface area is 191 Å². The molecule has 0 bridgehead atoms. The van der Waals surface area contributed by atoms with E-state index in [4.69, 9.17) is 15.9 Å². The molecule has 1 aliphatic heterocycles. The number of carbonyl (C=O) groups is 1. The summed E-state index contributed by atoms with van der Waals surface area (Å²) in [4.78, 5) is 31.5. The van der Waals surface area contributed by atoms with Gasteiger partial charge in [0.2, 0.25) is 0 Å². The van der Waals surface area contributed by atoms with Gasteiger partial charge in [-0.1, -0.05) is 12.1 Å². The molecule has 1 fully saturated rings. The van der Waals surface area contributed by atoms with E-state index in [1.807, 2.05) is 18.2 Å². The number of anilines is 1. The van der Waals surface area contributed by atoms with E-state index in [1.54, 1.807) is 18.7 Å². The maximum atomic E-state index is 13.1. The number of ketones is 1. The number of imidazole rings is 1. The zero-order valence-electron chi connectivity index (χ0n) is 18.3. The Kier molecular flexibility index (Phi) is 5.77. The molecule has 0 amide bonds. The number of fused-ring (bicyclic) bond motifs is 2. The zero-order chi connectivity index (χ0) is 22.8. The van der Waals surface area contributed by atoms with Crippen LogP contribution in [0.1, 0.15) is 41.6 Å². The lowest BCUT2D eigenvalue weighted by Crippen LogP contribution is -2.35. The first-order valence-electron chi connectivity index (χ1n) is 11.3. The summed E-state index contributed by atoms with van der Waals surface area (Å²) in [6, 6.07) is 5.90. The van der Waals surface area contributed by atoms with Crippen LogP contribution in [0.5, 0.6) is 5.75 Å². The van der Waals surface area contributed by atoms with Gasteiger partial charge in [0, 0.05) is 35.5 Å². The lowest BCUT2D eigenvalue weighted by atomic mass is 9.80. The number of hydrogen-bond donors (Lipinski definition) is 3. The highest BCUT2D eigenvalue weighted by Crippen LogP contribution is 2.35. The van der Waals surface area contributed by atoms with Crippen LogP contribution in [0.2, 0.25) is 0 Å². The van der Waals surface area contributed by atoms with Crippen molar-refractivity contribution in [1.82, 2.24) is 19.9 Å². The van der Waals surface area contributed by atoms with Gasteiger partial charge in [-0.3, -0.25) is 4.79 Å². The van der Waals surface area contributed by atoms with E-state index in [2.05, 4.69) is 24.8 Å². The first kappa shape index (κ1) is 21.1. The molecule has 9 nitrogen and oxygen atoms in total. The third-order valence-electron chi connectivity index (χ3n) is 6.57. The van der Waals surface area contributed by atoms with Crippen molar-refractivity contribution >= 4 is 29.0 Å². The molecule has 0 spiro atoms. The Hall–Kier alpha value is -3.75. The average molecular weight is 446 g/mol. The van der Waals surface area contributed by atoms with E-state index >= 15 is 0 Å². The fourth-order valence-electron chi connectivity index (χ4n) is 4.96. The molecule has 1 saturated heterocycles. The van der Waals surface area contributed by atoms with Gasteiger partial charge in [-0.15, -0.1) is 0 Å². The Morgan fingerprint density at radius 3 is 3.09 bits per heavy atom. The smallest absolute Gasteiger partial charge is 0.182 e. The fourth-order valence-corrected chi connectivity index (χ4v) is 4.96. The molecule has 5 rings (SSSR count). The molecule has 0 saturated carbocycles. The Morgan fingerprint density at radius 1 is 1.30 bits per heavy atom. The number of nitrogens with one attached hydrogen (secondary N) is 2. The van der Waals surface area contributed by atoms with Crippen LogP contribution in [0, 0.1) is 11.3 Å². The predicted octanol–water partition coefficient (Wildman–Crippen LogP) is 3.03. The summed E-state index contributed by atoms with van der Waals surface area (Å²) < 4.78 is 6.31. The molecule has 9 heteroatoms. The first-order valence-corrected chi connectivity index (χ1v) is 11.3. The highest BCUT2D eigenvalue weighted by atomic mass is 16.5. The van der Waals surface area contributed by atoms with Crippen LogP contribution >= 0.6 is 0 Å². The maximum Gasteiger partial charge on any atom is 0.182 e. The number of H-pyrrole nitrogens is 1. The van der Waals surface area contributed by atoms with Crippen LogP contribution in [-0.4, -0.2) is 51.1 Å². The third-order valence-corrected chi connectivity index (χ3v) is 6.57. The van der Waals surface area contributed by atoms with Gasteiger partial charge in [0.1, 0.15) is 24.2 Å². The Balaban J connectivity index is 1.32. The van der Waals surface area contributed by atoms with E-state index in [9.17, 15) is 4.79 Å². The van der Waals surface area contributed by atoms with Crippen molar-refractivity contribution < 1.29 is 9.53 Å². The van der Waals surface area contributed by atoms with Crippen LogP contribution < -0.4 is 15.4 Å². The maximum absolute atomic E-state index is 13.1. The molecule has 1 aliphatic carbocycles. The van der Waals surface area contributed by atoms with Gasteiger partial charge in [0.05, 0.1) is 12.4 Å². The monoisotopic (exact) mass is 445 g/mol. The number of benzene rings is 1. The number of hydrogen-bond acceptors (Lipinski definition) is 8. The molecular weight excluding hydrogens is 418 g/mol. The molecule has 1 aromatic carbocycles. The van der Waals surface area contributed by atoms with E-state index in [-0.39, 0.29) is 17.7 Å². The van der Waals surface area contributed by atoms with Crippen molar-refractivity contribution in [3.63, 3.8) is 0 Å². The fraction of sp³-hybridized carbons (Fsp3) is 0.375. The molecule has 170 valence electrons. The quantitative estimate of drug-likeness (QED) is 0.476. The number of allylic oxidation sites excluding steroid dienone is 2. The van der Waals surface area contributed by atoms with Crippen molar-refractivity contribution in [2.75, 3.05) is 18.1 Å². The number of nitrogens with two attached hydrogens (primary N) is 1.